The highest BCUT2D eigenvalue weighted by molar-refractivity contribution is 5.89. The van der Waals surface area contributed by atoms with Gasteiger partial charge in [-0.1, -0.05) is 36.8 Å². The van der Waals surface area contributed by atoms with Crippen LogP contribution >= 0.6 is 0 Å². The average Bonchev–Trinajstić information content (AvgIpc) is 2.37. The number of carbonyl (C=O) groups is 2. The molecule has 0 radical (unpaired) electrons. The lowest BCUT2D eigenvalue weighted by Gasteiger charge is -2.35. The second-order valence-electron chi connectivity index (χ2n) is 4.55. The van der Waals surface area contributed by atoms with Crippen LogP contribution in [0.15, 0.2) is 24.3 Å². The van der Waals surface area contributed by atoms with Crippen LogP contribution in [0.25, 0.3) is 0 Å². The van der Waals surface area contributed by atoms with E-state index in [0.29, 0.717) is 19.5 Å². The van der Waals surface area contributed by atoms with E-state index in [0.717, 1.165) is 11.1 Å². The monoisotopic (exact) mass is 246 g/mol. The molecule has 1 unspecified atom stereocenters. The summed E-state index contributed by atoms with van der Waals surface area (Å²) in [6, 6.07) is 7.28. The summed E-state index contributed by atoms with van der Waals surface area (Å²) in [5.41, 5.74) is 1.98. The van der Waals surface area contributed by atoms with Gasteiger partial charge in [0.05, 0.1) is 0 Å². The quantitative estimate of drug-likeness (QED) is 0.857. The average molecular weight is 246 g/mol. The van der Waals surface area contributed by atoms with Crippen LogP contribution in [0.5, 0.6) is 0 Å². The number of nitrogens with one attached hydrogen (secondary N) is 1. The summed E-state index contributed by atoms with van der Waals surface area (Å²) in [6.45, 7) is 4.92. The SMILES string of the molecule is CCC(=O)N1CCNC(=O)C1c1cccc(C)c1. The van der Waals surface area contributed by atoms with Gasteiger partial charge in [-0.05, 0) is 12.5 Å². The van der Waals surface area contributed by atoms with Crippen molar-refractivity contribution >= 4 is 11.8 Å². The fourth-order valence-electron chi connectivity index (χ4n) is 2.31. The molecule has 1 aliphatic rings. The van der Waals surface area contributed by atoms with Crippen molar-refractivity contribution < 1.29 is 9.59 Å². The van der Waals surface area contributed by atoms with Crippen LogP contribution < -0.4 is 5.32 Å². The summed E-state index contributed by atoms with van der Waals surface area (Å²) in [5, 5.41) is 2.83. The minimum atomic E-state index is -0.480. The molecule has 1 aliphatic heterocycles. The van der Waals surface area contributed by atoms with E-state index in [-0.39, 0.29) is 11.8 Å². The molecule has 96 valence electrons. The zero-order valence-electron chi connectivity index (χ0n) is 10.8. The number of benzene rings is 1. The molecule has 18 heavy (non-hydrogen) atoms. The van der Waals surface area contributed by atoms with Crippen LogP contribution in [0.1, 0.15) is 30.5 Å². The minimum absolute atomic E-state index is 0.0244. The van der Waals surface area contributed by atoms with E-state index < -0.39 is 6.04 Å². The molecule has 4 heteroatoms. The number of carbonyl (C=O) groups excluding carboxylic acids is 2. The molecule has 1 heterocycles. The maximum atomic E-state index is 12.0. The van der Waals surface area contributed by atoms with Crippen molar-refractivity contribution in [2.75, 3.05) is 13.1 Å². The van der Waals surface area contributed by atoms with E-state index in [1.165, 1.54) is 0 Å². The third kappa shape index (κ3) is 2.37. The molecule has 0 spiro atoms. The molecule has 1 fully saturated rings. The molecule has 0 aliphatic carbocycles. The maximum absolute atomic E-state index is 12.0. The van der Waals surface area contributed by atoms with Gasteiger partial charge >= 0.3 is 0 Å². The van der Waals surface area contributed by atoms with Crippen LogP contribution in [0.4, 0.5) is 0 Å². The molecule has 1 atom stereocenters. The lowest BCUT2D eigenvalue weighted by molar-refractivity contribution is -0.143. The Morgan fingerprint density at radius 3 is 2.94 bits per heavy atom. The van der Waals surface area contributed by atoms with Gasteiger partial charge in [0.2, 0.25) is 11.8 Å². The molecule has 0 bridgehead atoms. The van der Waals surface area contributed by atoms with Gasteiger partial charge in [-0.25, -0.2) is 0 Å². The molecule has 2 amide bonds. The number of hydrogen-bond acceptors (Lipinski definition) is 2. The lowest BCUT2D eigenvalue weighted by atomic mass is 10.00. The predicted molar refractivity (Wildman–Crippen MR) is 68.9 cm³/mol. The van der Waals surface area contributed by atoms with Crippen molar-refractivity contribution in [3.05, 3.63) is 35.4 Å². The normalized spacial score (nSPS) is 19.6. The summed E-state index contributed by atoms with van der Waals surface area (Å²) < 4.78 is 0. The minimum Gasteiger partial charge on any atom is -0.352 e. The van der Waals surface area contributed by atoms with Crippen molar-refractivity contribution in [3.63, 3.8) is 0 Å². The highest BCUT2D eigenvalue weighted by Crippen LogP contribution is 2.24. The third-order valence-corrected chi connectivity index (χ3v) is 3.19. The summed E-state index contributed by atoms with van der Waals surface area (Å²) in [4.78, 5) is 25.6. The van der Waals surface area contributed by atoms with Gasteiger partial charge in [0.25, 0.3) is 0 Å². The first-order valence-electron chi connectivity index (χ1n) is 6.27. The smallest absolute Gasteiger partial charge is 0.247 e. The number of rotatable bonds is 2. The first-order valence-corrected chi connectivity index (χ1v) is 6.27. The fraction of sp³-hybridized carbons (Fsp3) is 0.429. The number of nitrogens with zero attached hydrogens (tertiary/aromatic N) is 1. The molecule has 1 aromatic carbocycles. The van der Waals surface area contributed by atoms with E-state index >= 15 is 0 Å². The Labute approximate surface area is 107 Å². The highest BCUT2D eigenvalue weighted by atomic mass is 16.2. The molecular weight excluding hydrogens is 228 g/mol. The van der Waals surface area contributed by atoms with Crippen LogP contribution in [0.2, 0.25) is 0 Å². The van der Waals surface area contributed by atoms with E-state index in [1.807, 2.05) is 38.1 Å². The Morgan fingerprint density at radius 1 is 1.50 bits per heavy atom. The first kappa shape index (κ1) is 12.6. The van der Waals surface area contributed by atoms with Crippen molar-refractivity contribution in [2.24, 2.45) is 0 Å². The molecule has 0 aromatic heterocycles. The Kier molecular flexibility index (Phi) is 3.65. The first-order chi connectivity index (χ1) is 8.63. The van der Waals surface area contributed by atoms with Gasteiger partial charge in [-0.3, -0.25) is 9.59 Å². The number of hydrogen-bond donors (Lipinski definition) is 1. The topological polar surface area (TPSA) is 49.4 Å². The van der Waals surface area contributed by atoms with Gasteiger partial charge in [-0.15, -0.1) is 0 Å². The van der Waals surface area contributed by atoms with Crippen molar-refractivity contribution in [1.29, 1.82) is 0 Å². The summed E-state index contributed by atoms with van der Waals surface area (Å²) in [7, 11) is 0. The van der Waals surface area contributed by atoms with Crippen molar-refractivity contribution in [2.45, 2.75) is 26.3 Å². The lowest BCUT2D eigenvalue weighted by Crippen LogP contribution is -2.52. The zero-order chi connectivity index (χ0) is 13.1. The summed E-state index contributed by atoms with van der Waals surface area (Å²) in [5.74, 6) is -0.0648. The van der Waals surface area contributed by atoms with Crippen LogP contribution in [-0.4, -0.2) is 29.8 Å². The molecule has 4 nitrogen and oxygen atoms in total. The van der Waals surface area contributed by atoms with E-state index in [1.54, 1.807) is 4.90 Å². The standard InChI is InChI=1S/C14H18N2O2/c1-3-12(17)16-8-7-15-14(18)13(16)11-6-4-5-10(2)9-11/h4-6,9,13H,3,7-8H2,1-2H3,(H,15,18). The second-order valence-corrected chi connectivity index (χ2v) is 4.55. The predicted octanol–water partition coefficient (Wildman–Crippen LogP) is 1.40. The molecule has 1 saturated heterocycles. The van der Waals surface area contributed by atoms with Gasteiger partial charge in [-0.2, -0.15) is 0 Å². The Morgan fingerprint density at radius 2 is 2.28 bits per heavy atom. The van der Waals surface area contributed by atoms with Gasteiger partial charge in [0.1, 0.15) is 6.04 Å². The molecular formula is C14H18N2O2. The van der Waals surface area contributed by atoms with Crippen LogP contribution in [-0.2, 0) is 9.59 Å². The number of amides is 2. The van der Waals surface area contributed by atoms with Gasteiger partial charge in [0.15, 0.2) is 0 Å². The van der Waals surface area contributed by atoms with E-state index in [9.17, 15) is 9.59 Å². The second kappa shape index (κ2) is 5.21. The van der Waals surface area contributed by atoms with E-state index in [2.05, 4.69) is 5.32 Å². The Bertz CT molecular complexity index is 471. The highest BCUT2D eigenvalue weighted by Gasteiger charge is 2.33. The molecule has 1 N–H and O–H groups in total. The third-order valence-electron chi connectivity index (χ3n) is 3.19. The summed E-state index contributed by atoms with van der Waals surface area (Å²) >= 11 is 0. The fourth-order valence-corrected chi connectivity index (χ4v) is 2.31. The van der Waals surface area contributed by atoms with Gasteiger partial charge < -0.3 is 10.2 Å². The Balaban J connectivity index is 2.36. The van der Waals surface area contributed by atoms with Gasteiger partial charge in [0, 0.05) is 19.5 Å². The Hall–Kier alpha value is -1.84. The van der Waals surface area contributed by atoms with Crippen molar-refractivity contribution in [1.82, 2.24) is 10.2 Å². The number of piperazine rings is 1. The summed E-state index contributed by atoms with van der Waals surface area (Å²) in [6.07, 6.45) is 0.426. The molecule has 1 aromatic rings. The van der Waals surface area contributed by atoms with Crippen LogP contribution in [0, 0.1) is 6.92 Å². The number of aryl methyl sites for hydroxylation is 1. The molecule has 0 saturated carbocycles. The van der Waals surface area contributed by atoms with Crippen LogP contribution in [0.3, 0.4) is 0 Å². The maximum Gasteiger partial charge on any atom is 0.247 e. The van der Waals surface area contributed by atoms with Crippen molar-refractivity contribution in [3.8, 4) is 0 Å². The van der Waals surface area contributed by atoms with E-state index in [4.69, 9.17) is 0 Å². The molecule has 2 rings (SSSR count). The zero-order valence-corrected chi connectivity index (χ0v) is 10.8. The largest absolute Gasteiger partial charge is 0.352 e.